The fraction of sp³-hybridized carbons (Fsp3) is 0.846. The lowest BCUT2D eigenvalue weighted by Crippen LogP contribution is -2.44. The Morgan fingerprint density at radius 1 is 1.50 bits per heavy atom. The van der Waals surface area contributed by atoms with Gasteiger partial charge in [-0.05, 0) is 24.8 Å². The van der Waals surface area contributed by atoms with Gasteiger partial charge < -0.3 is 15.4 Å². The number of carbonyl (C=O) groups excluding carboxylic acids is 1. The lowest BCUT2D eigenvalue weighted by molar-refractivity contribution is -0.135. The van der Waals surface area contributed by atoms with Crippen LogP contribution in [0.15, 0.2) is 0 Å². The predicted octanol–water partition coefficient (Wildman–Crippen LogP) is 0.894. The molecule has 0 radical (unpaired) electrons. The van der Waals surface area contributed by atoms with Gasteiger partial charge in [0, 0.05) is 26.6 Å². The van der Waals surface area contributed by atoms with Gasteiger partial charge in [0.2, 0.25) is 5.91 Å². The van der Waals surface area contributed by atoms with Gasteiger partial charge in [0.15, 0.2) is 0 Å². The minimum atomic E-state index is 0.0229. The van der Waals surface area contributed by atoms with E-state index in [-0.39, 0.29) is 11.3 Å². The number of ether oxygens (including phenoxy) is 1. The first kappa shape index (κ1) is 14.9. The number of methoxy groups -OCH3 is 1. The van der Waals surface area contributed by atoms with Crippen LogP contribution in [0.5, 0.6) is 0 Å². The van der Waals surface area contributed by atoms with Gasteiger partial charge >= 0.3 is 0 Å². The average Bonchev–Trinajstić information content (AvgIpc) is 2.33. The molecule has 0 aromatic carbocycles. The van der Waals surface area contributed by atoms with E-state index in [1.54, 1.807) is 12.0 Å². The smallest absolute Gasteiger partial charge is 0.223 e. The Morgan fingerprint density at radius 3 is 2.67 bits per heavy atom. The standard InChI is InChI=1S/C13H23N3O2/c1-18-9-8-16(7-3-6-14)12(17)10-13(11-15)4-2-5-13/h2-5,7-11,15H2,1H3. The number of rotatable bonds is 8. The zero-order valence-corrected chi connectivity index (χ0v) is 11.2. The van der Waals surface area contributed by atoms with E-state index in [1.807, 2.05) is 0 Å². The summed E-state index contributed by atoms with van der Waals surface area (Å²) in [5.74, 6) is 0.104. The second kappa shape index (κ2) is 7.34. The summed E-state index contributed by atoms with van der Waals surface area (Å²) in [6.45, 7) is 2.12. The van der Waals surface area contributed by atoms with E-state index >= 15 is 0 Å². The van der Waals surface area contributed by atoms with Gasteiger partial charge in [0.05, 0.1) is 19.1 Å². The number of hydrogen-bond acceptors (Lipinski definition) is 4. The van der Waals surface area contributed by atoms with Crippen LogP contribution in [0.2, 0.25) is 0 Å². The van der Waals surface area contributed by atoms with E-state index in [0.29, 0.717) is 39.1 Å². The van der Waals surface area contributed by atoms with Crippen molar-refractivity contribution >= 4 is 5.91 Å². The zero-order valence-electron chi connectivity index (χ0n) is 11.2. The molecular weight excluding hydrogens is 230 g/mol. The summed E-state index contributed by atoms with van der Waals surface area (Å²) in [7, 11) is 1.61. The van der Waals surface area contributed by atoms with Crippen LogP contribution >= 0.6 is 0 Å². The van der Waals surface area contributed by atoms with Gasteiger partial charge in [-0.15, -0.1) is 0 Å². The lowest BCUT2D eigenvalue weighted by atomic mass is 9.66. The Morgan fingerprint density at radius 2 is 2.22 bits per heavy atom. The van der Waals surface area contributed by atoms with E-state index in [9.17, 15) is 4.79 Å². The number of nitrogens with zero attached hydrogens (tertiary/aromatic N) is 2. The summed E-state index contributed by atoms with van der Waals surface area (Å²) in [5, 5.41) is 8.62. The number of hydrogen-bond donors (Lipinski definition) is 1. The van der Waals surface area contributed by atoms with Crippen LogP contribution < -0.4 is 5.73 Å². The molecule has 0 aromatic rings. The summed E-state index contributed by atoms with van der Waals surface area (Å²) < 4.78 is 5.00. The van der Waals surface area contributed by atoms with Gasteiger partial charge in [0.1, 0.15) is 0 Å². The second-order valence-electron chi connectivity index (χ2n) is 5.02. The Labute approximate surface area is 109 Å². The summed E-state index contributed by atoms with van der Waals surface area (Å²) in [5.41, 5.74) is 5.79. The van der Waals surface area contributed by atoms with Gasteiger partial charge in [0.25, 0.3) is 0 Å². The first-order chi connectivity index (χ1) is 8.67. The van der Waals surface area contributed by atoms with Crippen LogP contribution in [0.4, 0.5) is 0 Å². The van der Waals surface area contributed by atoms with E-state index in [0.717, 1.165) is 12.8 Å². The summed E-state index contributed by atoms with van der Waals surface area (Å²) in [6, 6.07) is 2.07. The molecule has 1 aliphatic carbocycles. The van der Waals surface area contributed by atoms with Crippen LogP contribution in [-0.2, 0) is 9.53 Å². The molecule has 102 valence electrons. The number of nitriles is 1. The van der Waals surface area contributed by atoms with Crippen molar-refractivity contribution in [2.75, 3.05) is 33.4 Å². The molecule has 0 aromatic heterocycles. The molecule has 0 aliphatic heterocycles. The molecule has 0 unspecified atom stereocenters. The third-order valence-corrected chi connectivity index (χ3v) is 3.79. The zero-order chi connectivity index (χ0) is 13.4. The highest BCUT2D eigenvalue weighted by atomic mass is 16.5. The topological polar surface area (TPSA) is 79.3 Å². The number of nitrogens with two attached hydrogens (primary N) is 1. The molecule has 2 N–H and O–H groups in total. The molecule has 0 bridgehead atoms. The lowest BCUT2D eigenvalue weighted by Gasteiger charge is -2.41. The highest BCUT2D eigenvalue weighted by molar-refractivity contribution is 5.77. The molecule has 1 aliphatic rings. The molecule has 1 amide bonds. The predicted molar refractivity (Wildman–Crippen MR) is 68.6 cm³/mol. The Bertz CT molecular complexity index is 302. The molecule has 5 nitrogen and oxygen atoms in total. The van der Waals surface area contributed by atoms with Crippen LogP contribution in [-0.4, -0.2) is 44.2 Å². The van der Waals surface area contributed by atoms with Gasteiger partial charge in [-0.2, -0.15) is 5.26 Å². The molecule has 1 rings (SSSR count). The van der Waals surface area contributed by atoms with Gasteiger partial charge in [-0.1, -0.05) is 6.42 Å². The van der Waals surface area contributed by atoms with Crippen molar-refractivity contribution in [1.82, 2.24) is 4.90 Å². The number of amides is 1. The third kappa shape index (κ3) is 3.97. The van der Waals surface area contributed by atoms with Crippen molar-refractivity contribution in [1.29, 1.82) is 5.26 Å². The van der Waals surface area contributed by atoms with Crippen LogP contribution in [0.3, 0.4) is 0 Å². The molecular formula is C13H23N3O2. The average molecular weight is 253 g/mol. The molecule has 18 heavy (non-hydrogen) atoms. The van der Waals surface area contributed by atoms with Crippen molar-refractivity contribution in [3.05, 3.63) is 0 Å². The second-order valence-corrected chi connectivity index (χ2v) is 5.02. The fourth-order valence-electron chi connectivity index (χ4n) is 2.31. The van der Waals surface area contributed by atoms with Crippen molar-refractivity contribution < 1.29 is 9.53 Å². The minimum absolute atomic E-state index is 0.0229. The van der Waals surface area contributed by atoms with Crippen molar-refractivity contribution in [2.24, 2.45) is 11.1 Å². The van der Waals surface area contributed by atoms with Crippen molar-refractivity contribution in [3.63, 3.8) is 0 Å². The monoisotopic (exact) mass is 253 g/mol. The normalized spacial score (nSPS) is 16.7. The Kier molecular flexibility index (Phi) is 6.10. The maximum Gasteiger partial charge on any atom is 0.223 e. The Hall–Kier alpha value is -1.12. The highest BCUT2D eigenvalue weighted by Crippen LogP contribution is 2.43. The SMILES string of the molecule is COCCN(CCC#N)C(=O)CC1(CN)CCC1. The van der Waals surface area contributed by atoms with E-state index in [4.69, 9.17) is 15.7 Å². The quantitative estimate of drug-likeness (QED) is 0.697. The molecule has 0 heterocycles. The molecule has 1 fully saturated rings. The minimum Gasteiger partial charge on any atom is -0.383 e. The first-order valence-electron chi connectivity index (χ1n) is 6.51. The van der Waals surface area contributed by atoms with Crippen LogP contribution in [0.1, 0.15) is 32.1 Å². The third-order valence-electron chi connectivity index (χ3n) is 3.79. The molecule has 1 saturated carbocycles. The largest absolute Gasteiger partial charge is 0.383 e. The van der Waals surface area contributed by atoms with Crippen LogP contribution in [0.25, 0.3) is 0 Å². The van der Waals surface area contributed by atoms with Crippen molar-refractivity contribution in [2.45, 2.75) is 32.1 Å². The van der Waals surface area contributed by atoms with Crippen LogP contribution in [0, 0.1) is 16.7 Å². The fourth-order valence-corrected chi connectivity index (χ4v) is 2.31. The molecule has 0 spiro atoms. The van der Waals surface area contributed by atoms with Gasteiger partial charge in [-0.3, -0.25) is 4.79 Å². The maximum atomic E-state index is 12.2. The molecule has 0 saturated heterocycles. The Balaban J connectivity index is 2.49. The summed E-state index contributed by atoms with van der Waals surface area (Å²) >= 11 is 0. The van der Waals surface area contributed by atoms with E-state index in [2.05, 4.69) is 6.07 Å². The molecule has 5 heteroatoms. The molecule has 0 atom stereocenters. The number of carbonyl (C=O) groups is 1. The maximum absolute atomic E-state index is 12.2. The van der Waals surface area contributed by atoms with E-state index < -0.39 is 0 Å². The first-order valence-corrected chi connectivity index (χ1v) is 6.51. The van der Waals surface area contributed by atoms with E-state index in [1.165, 1.54) is 6.42 Å². The highest BCUT2D eigenvalue weighted by Gasteiger charge is 2.38. The van der Waals surface area contributed by atoms with Crippen molar-refractivity contribution in [3.8, 4) is 6.07 Å². The summed E-state index contributed by atoms with van der Waals surface area (Å²) in [6.07, 6.45) is 4.14. The van der Waals surface area contributed by atoms with Gasteiger partial charge in [-0.25, -0.2) is 0 Å². The summed E-state index contributed by atoms with van der Waals surface area (Å²) in [4.78, 5) is 14.0.